The van der Waals surface area contributed by atoms with Gasteiger partial charge in [0.25, 0.3) is 0 Å². The van der Waals surface area contributed by atoms with Gasteiger partial charge in [0.2, 0.25) is 5.91 Å². The van der Waals surface area contributed by atoms with E-state index in [0.717, 1.165) is 39.1 Å². The fourth-order valence-corrected chi connectivity index (χ4v) is 4.02. The molecular weight excluding hydrogens is 426 g/mol. The summed E-state index contributed by atoms with van der Waals surface area (Å²) in [5, 5.41) is 8.61. The van der Waals surface area contributed by atoms with Gasteiger partial charge in [-0.2, -0.15) is 5.10 Å². The van der Waals surface area contributed by atoms with Crippen molar-refractivity contribution < 1.29 is 9.53 Å². The fraction of sp³-hybridized carbons (Fsp3) is 0.250. The van der Waals surface area contributed by atoms with E-state index < -0.39 is 0 Å². The van der Waals surface area contributed by atoms with Crippen molar-refractivity contribution in [2.75, 3.05) is 0 Å². The molecule has 164 valence electrons. The van der Waals surface area contributed by atoms with Gasteiger partial charge in [-0.1, -0.05) is 23.7 Å². The largest absolute Gasteiger partial charge is 0.486 e. The molecule has 4 aromatic rings. The number of fused-ring (bicyclic) bond motifs is 1. The molecular formula is C24H24ClN5O2. The summed E-state index contributed by atoms with van der Waals surface area (Å²) < 4.78 is 8.05. The molecule has 0 unspecified atom stereocenters. The summed E-state index contributed by atoms with van der Waals surface area (Å²) in [4.78, 5) is 20.7. The molecule has 0 fully saturated rings. The van der Waals surface area contributed by atoms with Crippen molar-refractivity contribution in [3.8, 4) is 17.0 Å². The summed E-state index contributed by atoms with van der Waals surface area (Å²) in [5.41, 5.74) is 5.89. The van der Waals surface area contributed by atoms with Crippen molar-refractivity contribution in [1.82, 2.24) is 25.1 Å². The predicted molar refractivity (Wildman–Crippen MR) is 125 cm³/mol. The van der Waals surface area contributed by atoms with Crippen molar-refractivity contribution >= 4 is 28.4 Å². The van der Waals surface area contributed by atoms with Crippen molar-refractivity contribution in [3.05, 3.63) is 70.3 Å². The van der Waals surface area contributed by atoms with Crippen LogP contribution in [0.1, 0.15) is 29.6 Å². The lowest BCUT2D eigenvalue weighted by Gasteiger charge is -2.15. The monoisotopic (exact) mass is 449 g/mol. The van der Waals surface area contributed by atoms with Gasteiger partial charge >= 0.3 is 0 Å². The number of pyridine rings is 2. The summed E-state index contributed by atoms with van der Waals surface area (Å²) in [6.07, 6.45) is 1.78. The topological polar surface area (TPSA) is 81.9 Å². The number of ether oxygens (including phenoxy) is 1. The highest BCUT2D eigenvalue weighted by Gasteiger charge is 2.15. The van der Waals surface area contributed by atoms with Crippen LogP contribution < -0.4 is 10.1 Å². The van der Waals surface area contributed by atoms with Crippen LogP contribution in [0.25, 0.3) is 22.2 Å². The zero-order valence-electron chi connectivity index (χ0n) is 18.4. The Morgan fingerprint density at radius 2 is 1.94 bits per heavy atom. The number of nitrogens with zero attached hydrogens (tertiary/aromatic N) is 4. The summed E-state index contributed by atoms with van der Waals surface area (Å²) in [6, 6.07) is 11.7. The van der Waals surface area contributed by atoms with Crippen LogP contribution in [0.2, 0.25) is 5.02 Å². The molecule has 0 bridgehead atoms. The first-order chi connectivity index (χ1) is 15.3. The molecule has 32 heavy (non-hydrogen) atoms. The Hall–Kier alpha value is -3.45. The lowest BCUT2D eigenvalue weighted by molar-refractivity contribution is -0.119. The van der Waals surface area contributed by atoms with Crippen LogP contribution >= 0.6 is 11.6 Å². The minimum atomic E-state index is -0.132. The van der Waals surface area contributed by atoms with Crippen LogP contribution in [0.15, 0.2) is 42.6 Å². The van der Waals surface area contributed by atoms with Gasteiger partial charge in [0, 0.05) is 48.1 Å². The van der Waals surface area contributed by atoms with Crippen LogP contribution in [0.4, 0.5) is 0 Å². The average molecular weight is 450 g/mol. The first kappa shape index (κ1) is 21.8. The Balaban J connectivity index is 1.72. The van der Waals surface area contributed by atoms with Gasteiger partial charge in [0.15, 0.2) is 0 Å². The van der Waals surface area contributed by atoms with E-state index in [2.05, 4.69) is 21.5 Å². The highest BCUT2D eigenvalue weighted by atomic mass is 35.5. The SMILES string of the molecule is CC(=O)NCc1nc(C)cc(Cl)c1COc1cccc2c(-c3ccnn3C)cc(C)nc12. The van der Waals surface area contributed by atoms with Crippen LogP contribution in [-0.4, -0.2) is 25.7 Å². The third kappa shape index (κ3) is 4.43. The molecule has 0 saturated heterocycles. The van der Waals surface area contributed by atoms with E-state index >= 15 is 0 Å². The summed E-state index contributed by atoms with van der Waals surface area (Å²) >= 11 is 6.51. The van der Waals surface area contributed by atoms with Crippen molar-refractivity contribution in [2.45, 2.75) is 33.9 Å². The number of para-hydroxylation sites is 1. The van der Waals surface area contributed by atoms with E-state index in [1.165, 1.54) is 6.92 Å². The summed E-state index contributed by atoms with van der Waals surface area (Å²) in [5.74, 6) is 0.518. The zero-order valence-corrected chi connectivity index (χ0v) is 19.2. The van der Waals surface area contributed by atoms with Crippen LogP contribution in [0.3, 0.4) is 0 Å². The Morgan fingerprint density at radius 3 is 2.66 bits per heavy atom. The van der Waals surface area contributed by atoms with Crippen LogP contribution in [-0.2, 0) is 25.0 Å². The van der Waals surface area contributed by atoms with E-state index in [4.69, 9.17) is 21.3 Å². The number of benzene rings is 1. The second kappa shape index (κ2) is 8.96. The lowest BCUT2D eigenvalue weighted by atomic mass is 10.0. The minimum Gasteiger partial charge on any atom is -0.486 e. The number of rotatable bonds is 6. The standard InChI is InChI=1S/C24H24ClN5O2/c1-14-10-18(22-8-9-27-30(22)4)17-6-5-7-23(24(17)29-14)32-13-19-20(25)11-15(2)28-21(19)12-26-16(3)31/h5-11H,12-13H2,1-4H3,(H,26,31). The van der Waals surface area contributed by atoms with E-state index in [-0.39, 0.29) is 19.1 Å². The first-order valence-electron chi connectivity index (χ1n) is 10.2. The fourth-order valence-electron chi connectivity index (χ4n) is 3.69. The molecule has 7 nitrogen and oxygen atoms in total. The second-order valence-corrected chi connectivity index (χ2v) is 8.08. The lowest BCUT2D eigenvalue weighted by Crippen LogP contribution is -2.21. The van der Waals surface area contributed by atoms with E-state index in [1.54, 1.807) is 12.3 Å². The maximum absolute atomic E-state index is 11.4. The number of hydrogen-bond acceptors (Lipinski definition) is 5. The highest BCUT2D eigenvalue weighted by molar-refractivity contribution is 6.31. The third-order valence-electron chi connectivity index (χ3n) is 5.19. The smallest absolute Gasteiger partial charge is 0.217 e. The van der Waals surface area contributed by atoms with Gasteiger partial charge in [0.1, 0.15) is 17.9 Å². The number of nitrogens with one attached hydrogen (secondary N) is 1. The maximum Gasteiger partial charge on any atom is 0.217 e. The van der Waals surface area contributed by atoms with Crippen LogP contribution in [0.5, 0.6) is 5.75 Å². The molecule has 3 aromatic heterocycles. The number of halogens is 1. The molecule has 4 rings (SSSR count). The van der Waals surface area contributed by atoms with Gasteiger partial charge in [-0.3, -0.25) is 14.5 Å². The highest BCUT2D eigenvalue weighted by Crippen LogP contribution is 2.33. The Bertz CT molecular complexity index is 1320. The van der Waals surface area contributed by atoms with E-state index in [0.29, 0.717) is 16.5 Å². The summed E-state index contributed by atoms with van der Waals surface area (Å²) in [7, 11) is 1.92. The Morgan fingerprint density at radius 1 is 1.16 bits per heavy atom. The minimum absolute atomic E-state index is 0.132. The molecule has 0 radical (unpaired) electrons. The van der Waals surface area contributed by atoms with Crippen molar-refractivity contribution in [2.24, 2.45) is 7.05 Å². The number of aryl methyl sites for hydroxylation is 3. The van der Waals surface area contributed by atoms with E-state index in [1.807, 2.05) is 49.8 Å². The normalized spacial score (nSPS) is 11.0. The van der Waals surface area contributed by atoms with Gasteiger partial charge in [-0.15, -0.1) is 0 Å². The molecule has 3 heterocycles. The van der Waals surface area contributed by atoms with Gasteiger partial charge < -0.3 is 10.1 Å². The number of amides is 1. The number of carbonyl (C=O) groups excluding carboxylic acids is 1. The Labute approximate surface area is 191 Å². The second-order valence-electron chi connectivity index (χ2n) is 7.67. The van der Waals surface area contributed by atoms with Crippen molar-refractivity contribution in [1.29, 1.82) is 0 Å². The number of carbonyl (C=O) groups is 1. The Kier molecular flexibility index (Phi) is 6.10. The van der Waals surface area contributed by atoms with Gasteiger partial charge in [-0.25, -0.2) is 4.98 Å². The molecule has 0 atom stereocenters. The molecule has 0 aliphatic carbocycles. The molecule has 8 heteroatoms. The molecule has 1 N–H and O–H groups in total. The third-order valence-corrected chi connectivity index (χ3v) is 5.53. The molecule has 0 spiro atoms. The van der Waals surface area contributed by atoms with Gasteiger partial charge in [0.05, 0.1) is 23.0 Å². The number of aromatic nitrogens is 4. The molecule has 0 aliphatic rings. The van der Waals surface area contributed by atoms with Gasteiger partial charge in [-0.05, 0) is 38.1 Å². The quantitative estimate of drug-likeness (QED) is 0.468. The van der Waals surface area contributed by atoms with Crippen LogP contribution in [0, 0.1) is 13.8 Å². The maximum atomic E-state index is 11.4. The molecule has 0 aliphatic heterocycles. The molecule has 0 saturated carbocycles. The number of hydrogen-bond donors (Lipinski definition) is 1. The average Bonchev–Trinajstić information content (AvgIpc) is 3.16. The predicted octanol–water partition coefficient (Wildman–Crippen LogP) is 4.52. The zero-order chi connectivity index (χ0) is 22.8. The van der Waals surface area contributed by atoms with E-state index in [9.17, 15) is 4.79 Å². The molecule has 1 amide bonds. The molecule has 1 aromatic carbocycles. The first-order valence-corrected chi connectivity index (χ1v) is 10.6. The van der Waals surface area contributed by atoms with Crippen molar-refractivity contribution in [3.63, 3.8) is 0 Å². The summed E-state index contributed by atoms with van der Waals surface area (Å²) in [6.45, 7) is 5.79.